The Morgan fingerprint density at radius 2 is 1.51 bits per heavy atom. The summed E-state index contributed by atoms with van der Waals surface area (Å²) in [6, 6.07) is 16.8. The van der Waals surface area contributed by atoms with Crippen molar-refractivity contribution in [1.29, 1.82) is 0 Å². The van der Waals surface area contributed by atoms with Crippen LogP contribution in [0, 0.1) is 18.8 Å². The van der Waals surface area contributed by atoms with Crippen molar-refractivity contribution >= 4 is 5.91 Å². The number of aryl methyl sites for hydroxylation is 1. The number of nitrogens with one attached hydrogen (secondary N) is 1. The standard InChI is InChI=1S/C30H39N5O2/c1-22-3-9-26(10-4-22)29-32-28(37-33-29)21-35-17-13-27(14-18-35)30(36)31-19-24-5-7-25(8-6-24)20-34-15-11-23(2)12-16-34/h3-10,23,27H,11-21H2,1-2H3,(H,31,36). The molecule has 0 spiro atoms. The van der Waals surface area contributed by atoms with Crippen LogP contribution in [0.3, 0.4) is 0 Å². The average molecular weight is 502 g/mol. The second-order valence-corrected chi connectivity index (χ2v) is 10.9. The molecule has 2 aliphatic heterocycles. The smallest absolute Gasteiger partial charge is 0.241 e. The van der Waals surface area contributed by atoms with Crippen LogP contribution in [-0.2, 0) is 24.4 Å². The fourth-order valence-electron chi connectivity index (χ4n) is 5.26. The molecule has 3 heterocycles. The second-order valence-electron chi connectivity index (χ2n) is 10.9. The fourth-order valence-corrected chi connectivity index (χ4v) is 5.26. The predicted molar refractivity (Wildman–Crippen MR) is 144 cm³/mol. The predicted octanol–water partition coefficient (Wildman–Crippen LogP) is 4.81. The summed E-state index contributed by atoms with van der Waals surface area (Å²) in [6.45, 7) is 10.7. The summed E-state index contributed by atoms with van der Waals surface area (Å²) in [7, 11) is 0. The van der Waals surface area contributed by atoms with E-state index in [4.69, 9.17) is 4.52 Å². The summed E-state index contributed by atoms with van der Waals surface area (Å²) in [5.41, 5.74) is 4.67. The molecule has 2 saturated heterocycles. The van der Waals surface area contributed by atoms with E-state index in [-0.39, 0.29) is 11.8 Å². The normalized spacial score (nSPS) is 18.2. The highest BCUT2D eigenvalue weighted by Crippen LogP contribution is 2.22. The van der Waals surface area contributed by atoms with Crippen molar-refractivity contribution in [2.75, 3.05) is 26.2 Å². The largest absolute Gasteiger partial charge is 0.352 e. The third-order valence-electron chi connectivity index (χ3n) is 7.87. The Labute approximate surface area is 220 Å². The molecule has 0 atom stereocenters. The number of piperidine rings is 2. The lowest BCUT2D eigenvalue weighted by molar-refractivity contribution is -0.126. The minimum absolute atomic E-state index is 0.0582. The average Bonchev–Trinajstić information content (AvgIpc) is 3.38. The molecule has 1 aromatic heterocycles. The summed E-state index contributed by atoms with van der Waals surface area (Å²) in [4.78, 5) is 22.2. The van der Waals surface area contributed by atoms with Crippen LogP contribution in [0.5, 0.6) is 0 Å². The first kappa shape index (κ1) is 25.6. The first-order valence-electron chi connectivity index (χ1n) is 13.7. The van der Waals surface area contributed by atoms with E-state index in [0.717, 1.165) is 49.5 Å². The Bertz CT molecular complexity index is 1140. The van der Waals surface area contributed by atoms with Gasteiger partial charge in [0.2, 0.25) is 17.6 Å². The molecule has 0 saturated carbocycles. The number of rotatable bonds is 8. The van der Waals surface area contributed by atoms with Crippen LogP contribution >= 0.6 is 0 Å². The highest BCUT2D eigenvalue weighted by Gasteiger charge is 2.26. The molecule has 5 rings (SSSR count). The highest BCUT2D eigenvalue weighted by atomic mass is 16.5. The van der Waals surface area contributed by atoms with Gasteiger partial charge in [-0.25, -0.2) is 0 Å². The zero-order chi connectivity index (χ0) is 25.6. The molecular formula is C30H39N5O2. The monoisotopic (exact) mass is 501 g/mol. The van der Waals surface area contributed by atoms with E-state index in [1.807, 2.05) is 24.3 Å². The lowest BCUT2D eigenvalue weighted by Gasteiger charge is -2.30. The van der Waals surface area contributed by atoms with Crippen LogP contribution in [-0.4, -0.2) is 52.0 Å². The number of benzene rings is 2. The van der Waals surface area contributed by atoms with Gasteiger partial charge in [-0.15, -0.1) is 0 Å². The van der Waals surface area contributed by atoms with Crippen molar-refractivity contribution in [1.82, 2.24) is 25.3 Å². The van der Waals surface area contributed by atoms with Crippen molar-refractivity contribution in [3.8, 4) is 11.4 Å². The van der Waals surface area contributed by atoms with Crippen LogP contribution in [0.4, 0.5) is 0 Å². The van der Waals surface area contributed by atoms with Crippen LogP contribution in [0.25, 0.3) is 11.4 Å². The Morgan fingerprint density at radius 1 is 0.892 bits per heavy atom. The van der Waals surface area contributed by atoms with E-state index in [1.54, 1.807) is 0 Å². The van der Waals surface area contributed by atoms with E-state index >= 15 is 0 Å². The zero-order valence-corrected chi connectivity index (χ0v) is 22.2. The number of likely N-dealkylation sites (tertiary alicyclic amines) is 2. The van der Waals surface area contributed by atoms with Crippen LogP contribution in [0.15, 0.2) is 53.1 Å². The summed E-state index contributed by atoms with van der Waals surface area (Å²) in [5.74, 6) is 2.32. The SMILES string of the molecule is Cc1ccc(-c2noc(CN3CCC(C(=O)NCc4ccc(CN5CCC(C)CC5)cc4)CC3)n2)cc1. The van der Waals surface area contributed by atoms with Crippen LogP contribution < -0.4 is 5.32 Å². The molecule has 0 bridgehead atoms. The number of carbonyl (C=O) groups is 1. The van der Waals surface area contributed by atoms with E-state index in [0.29, 0.717) is 24.8 Å². The van der Waals surface area contributed by atoms with Crippen molar-refractivity contribution in [3.05, 3.63) is 71.1 Å². The molecule has 0 unspecified atom stereocenters. The van der Waals surface area contributed by atoms with E-state index in [1.165, 1.54) is 37.1 Å². The highest BCUT2D eigenvalue weighted by molar-refractivity contribution is 5.78. The number of hydrogen-bond donors (Lipinski definition) is 1. The molecule has 7 heteroatoms. The Morgan fingerprint density at radius 3 is 2.22 bits per heavy atom. The van der Waals surface area contributed by atoms with Gasteiger partial charge in [-0.3, -0.25) is 14.6 Å². The van der Waals surface area contributed by atoms with Gasteiger partial charge in [0.15, 0.2) is 0 Å². The van der Waals surface area contributed by atoms with Crippen molar-refractivity contribution < 1.29 is 9.32 Å². The molecule has 196 valence electrons. The fraction of sp³-hybridized carbons (Fsp3) is 0.500. The third-order valence-corrected chi connectivity index (χ3v) is 7.87. The molecule has 0 aliphatic carbocycles. The number of amides is 1. The van der Waals surface area contributed by atoms with Crippen LogP contribution in [0.2, 0.25) is 0 Å². The van der Waals surface area contributed by atoms with Crippen molar-refractivity contribution in [2.45, 2.75) is 59.2 Å². The third kappa shape index (κ3) is 7.05. The maximum Gasteiger partial charge on any atom is 0.241 e. The Kier molecular flexibility index (Phi) is 8.31. The quantitative estimate of drug-likeness (QED) is 0.478. The van der Waals surface area contributed by atoms with Gasteiger partial charge in [-0.2, -0.15) is 4.98 Å². The van der Waals surface area contributed by atoms with E-state index < -0.39 is 0 Å². The first-order valence-corrected chi connectivity index (χ1v) is 13.7. The lowest BCUT2D eigenvalue weighted by atomic mass is 9.96. The maximum absolute atomic E-state index is 12.8. The molecule has 2 aliphatic rings. The number of nitrogens with zero attached hydrogens (tertiary/aromatic N) is 4. The van der Waals surface area contributed by atoms with Crippen molar-refractivity contribution in [3.63, 3.8) is 0 Å². The van der Waals surface area contributed by atoms with Gasteiger partial charge in [0.1, 0.15) is 0 Å². The lowest BCUT2D eigenvalue weighted by Crippen LogP contribution is -2.40. The summed E-state index contributed by atoms with van der Waals surface area (Å²) in [5, 5.41) is 7.29. The molecule has 0 radical (unpaired) electrons. The van der Waals surface area contributed by atoms with Crippen LogP contribution in [0.1, 0.15) is 55.2 Å². The van der Waals surface area contributed by atoms with Gasteiger partial charge >= 0.3 is 0 Å². The second kappa shape index (κ2) is 12.0. The first-order chi connectivity index (χ1) is 18.0. The molecule has 2 aromatic carbocycles. The molecule has 1 amide bonds. The van der Waals surface area contributed by atoms with E-state index in [2.05, 4.69) is 63.4 Å². The molecule has 3 aromatic rings. The summed E-state index contributed by atoms with van der Waals surface area (Å²) < 4.78 is 5.48. The van der Waals surface area contributed by atoms with Gasteiger partial charge in [0.05, 0.1) is 6.54 Å². The van der Waals surface area contributed by atoms with E-state index in [9.17, 15) is 4.79 Å². The van der Waals surface area contributed by atoms with Gasteiger partial charge < -0.3 is 9.84 Å². The molecule has 7 nitrogen and oxygen atoms in total. The molecular weight excluding hydrogens is 462 g/mol. The maximum atomic E-state index is 12.8. The number of carbonyl (C=O) groups excluding carboxylic acids is 1. The Balaban J connectivity index is 1.03. The van der Waals surface area contributed by atoms with Gasteiger partial charge in [0.25, 0.3) is 0 Å². The zero-order valence-electron chi connectivity index (χ0n) is 22.2. The van der Waals surface area contributed by atoms with Crippen molar-refractivity contribution in [2.24, 2.45) is 11.8 Å². The Hall–Kier alpha value is -3.03. The van der Waals surface area contributed by atoms with Gasteiger partial charge in [-0.05, 0) is 75.8 Å². The summed E-state index contributed by atoms with van der Waals surface area (Å²) >= 11 is 0. The molecule has 2 fully saturated rings. The van der Waals surface area contributed by atoms with Gasteiger partial charge in [0, 0.05) is 24.6 Å². The topological polar surface area (TPSA) is 74.5 Å². The number of hydrogen-bond acceptors (Lipinski definition) is 6. The minimum Gasteiger partial charge on any atom is -0.352 e. The molecule has 37 heavy (non-hydrogen) atoms. The van der Waals surface area contributed by atoms with Gasteiger partial charge in [-0.1, -0.05) is 66.2 Å². The molecule has 1 N–H and O–H groups in total. The summed E-state index contributed by atoms with van der Waals surface area (Å²) in [6.07, 6.45) is 4.29. The number of aromatic nitrogens is 2. The minimum atomic E-state index is 0.0582.